The van der Waals surface area contributed by atoms with E-state index in [-0.39, 0.29) is 17.9 Å². The molecule has 0 aliphatic carbocycles. The van der Waals surface area contributed by atoms with Crippen LogP contribution >= 0.6 is 0 Å². The molecular weight excluding hydrogens is 355 g/mol. The van der Waals surface area contributed by atoms with E-state index in [1.165, 1.54) is 11.8 Å². The summed E-state index contributed by atoms with van der Waals surface area (Å²) in [6, 6.07) is 17.1. The third-order valence-corrected chi connectivity index (χ3v) is 5.25. The van der Waals surface area contributed by atoms with E-state index in [4.69, 9.17) is 0 Å². The first-order chi connectivity index (χ1) is 13.6. The van der Waals surface area contributed by atoms with E-state index in [0.29, 0.717) is 11.4 Å². The number of hydrogen-bond acceptors (Lipinski definition) is 5. The molecule has 0 N–H and O–H groups in total. The zero-order valence-corrected chi connectivity index (χ0v) is 16.2. The van der Waals surface area contributed by atoms with Crippen molar-refractivity contribution in [2.75, 3.05) is 31.1 Å². The molecule has 2 aromatic carbocycles. The summed E-state index contributed by atoms with van der Waals surface area (Å²) >= 11 is 0. The predicted molar refractivity (Wildman–Crippen MR) is 107 cm³/mol. The van der Waals surface area contributed by atoms with Gasteiger partial charge in [0.15, 0.2) is 5.82 Å². The van der Waals surface area contributed by atoms with Crippen molar-refractivity contribution in [3.05, 3.63) is 71.8 Å². The number of para-hydroxylation sites is 1. The number of anilines is 1. The zero-order valence-electron chi connectivity index (χ0n) is 16.2. The lowest BCUT2D eigenvalue weighted by Crippen LogP contribution is -2.48. The van der Waals surface area contributed by atoms with Crippen molar-refractivity contribution in [3.63, 3.8) is 0 Å². The van der Waals surface area contributed by atoms with Crippen LogP contribution in [0.1, 0.15) is 37.3 Å². The summed E-state index contributed by atoms with van der Waals surface area (Å²) in [6.07, 6.45) is 0. The van der Waals surface area contributed by atoms with Crippen LogP contribution < -0.4 is 4.90 Å². The number of tetrazole rings is 1. The quantitative estimate of drug-likeness (QED) is 0.680. The molecule has 1 saturated heterocycles. The molecule has 1 aromatic heterocycles. The highest BCUT2D eigenvalue weighted by molar-refractivity contribution is 5.46. The first-order valence-electron chi connectivity index (χ1n) is 9.71. The second-order valence-electron chi connectivity index (χ2n) is 7.36. The van der Waals surface area contributed by atoms with E-state index in [0.717, 1.165) is 26.2 Å². The summed E-state index contributed by atoms with van der Waals surface area (Å²) < 4.78 is 16.5. The second-order valence-corrected chi connectivity index (χ2v) is 7.36. The molecule has 0 amide bonds. The topological polar surface area (TPSA) is 50.1 Å². The van der Waals surface area contributed by atoms with Gasteiger partial charge in [-0.2, -0.15) is 0 Å². The molecular formula is C21H25FN6. The second kappa shape index (κ2) is 8.06. The van der Waals surface area contributed by atoms with Gasteiger partial charge in [-0.25, -0.2) is 9.07 Å². The Labute approximate surface area is 164 Å². The van der Waals surface area contributed by atoms with E-state index in [2.05, 4.69) is 49.6 Å². The summed E-state index contributed by atoms with van der Waals surface area (Å²) in [4.78, 5) is 4.64. The van der Waals surface area contributed by atoms with Crippen LogP contribution in [0.25, 0.3) is 0 Å². The van der Waals surface area contributed by atoms with Gasteiger partial charge >= 0.3 is 0 Å². The fourth-order valence-electron chi connectivity index (χ4n) is 3.82. The molecule has 1 aliphatic heterocycles. The predicted octanol–water partition coefficient (Wildman–Crippen LogP) is 3.30. The van der Waals surface area contributed by atoms with Gasteiger partial charge in [0.25, 0.3) is 0 Å². The van der Waals surface area contributed by atoms with Gasteiger partial charge in [-0.05, 0) is 42.5 Å². The van der Waals surface area contributed by atoms with Crippen molar-refractivity contribution in [2.24, 2.45) is 0 Å². The van der Waals surface area contributed by atoms with Crippen molar-refractivity contribution < 1.29 is 4.39 Å². The molecule has 1 unspecified atom stereocenters. The third-order valence-electron chi connectivity index (χ3n) is 5.25. The molecule has 28 heavy (non-hydrogen) atoms. The summed E-state index contributed by atoms with van der Waals surface area (Å²) in [5, 5.41) is 12.3. The van der Waals surface area contributed by atoms with E-state index in [1.54, 1.807) is 10.7 Å². The van der Waals surface area contributed by atoms with Gasteiger partial charge in [-0.3, -0.25) is 4.90 Å². The van der Waals surface area contributed by atoms with E-state index < -0.39 is 0 Å². The number of nitrogens with zero attached hydrogens (tertiary/aromatic N) is 6. The molecule has 0 saturated carbocycles. The average molecular weight is 380 g/mol. The number of hydrogen-bond donors (Lipinski definition) is 0. The number of halogens is 1. The average Bonchev–Trinajstić information content (AvgIpc) is 3.21. The lowest BCUT2D eigenvalue weighted by Gasteiger charge is -2.40. The largest absolute Gasteiger partial charge is 0.369 e. The Morgan fingerprint density at radius 2 is 1.57 bits per heavy atom. The van der Waals surface area contributed by atoms with Crippen molar-refractivity contribution in [1.29, 1.82) is 0 Å². The monoisotopic (exact) mass is 380 g/mol. The maximum atomic E-state index is 14.7. The highest BCUT2D eigenvalue weighted by Crippen LogP contribution is 2.31. The standard InChI is InChI=1S/C21H25FN6/c1-16(2)28-21(23-24-25-28)20(18-10-6-7-11-19(18)22)27-14-12-26(13-15-27)17-8-4-3-5-9-17/h3-11,16,20H,12-15H2,1-2H3. The van der Waals surface area contributed by atoms with Crippen molar-refractivity contribution in [3.8, 4) is 0 Å². The van der Waals surface area contributed by atoms with Crippen molar-refractivity contribution >= 4 is 5.69 Å². The van der Waals surface area contributed by atoms with Gasteiger partial charge in [0, 0.05) is 37.4 Å². The van der Waals surface area contributed by atoms with Crippen LogP contribution in [0.2, 0.25) is 0 Å². The Morgan fingerprint density at radius 3 is 2.25 bits per heavy atom. The zero-order chi connectivity index (χ0) is 19.5. The lowest BCUT2D eigenvalue weighted by molar-refractivity contribution is 0.195. The summed E-state index contributed by atoms with van der Waals surface area (Å²) in [5.74, 6) is 0.463. The van der Waals surface area contributed by atoms with E-state index in [1.807, 2.05) is 32.0 Å². The Morgan fingerprint density at radius 1 is 0.893 bits per heavy atom. The molecule has 0 bridgehead atoms. The van der Waals surface area contributed by atoms with Gasteiger partial charge in [0.2, 0.25) is 0 Å². The molecule has 4 rings (SSSR count). The van der Waals surface area contributed by atoms with Crippen LogP contribution in [0.5, 0.6) is 0 Å². The van der Waals surface area contributed by atoms with Gasteiger partial charge in [-0.15, -0.1) is 5.10 Å². The van der Waals surface area contributed by atoms with Gasteiger partial charge in [0.05, 0.1) is 6.04 Å². The Kier molecular flexibility index (Phi) is 5.34. The minimum atomic E-state index is -0.309. The molecule has 3 aromatic rings. The van der Waals surface area contributed by atoms with Crippen LogP contribution in [-0.4, -0.2) is 51.3 Å². The first kappa shape index (κ1) is 18.6. The van der Waals surface area contributed by atoms with E-state index in [9.17, 15) is 4.39 Å². The van der Waals surface area contributed by atoms with Crippen LogP contribution in [0.4, 0.5) is 10.1 Å². The molecule has 1 fully saturated rings. The smallest absolute Gasteiger partial charge is 0.173 e. The van der Waals surface area contributed by atoms with E-state index >= 15 is 0 Å². The summed E-state index contributed by atoms with van der Waals surface area (Å²) in [5.41, 5.74) is 1.84. The summed E-state index contributed by atoms with van der Waals surface area (Å²) in [6.45, 7) is 7.42. The minimum absolute atomic E-state index is 0.102. The fraction of sp³-hybridized carbons (Fsp3) is 0.381. The third kappa shape index (κ3) is 3.62. The van der Waals surface area contributed by atoms with Crippen LogP contribution in [0, 0.1) is 5.82 Å². The number of aromatic nitrogens is 4. The number of benzene rings is 2. The molecule has 6 nitrogen and oxygen atoms in total. The van der Waals surface area contributed by atoms with Gasteiger partial charge < -0.3 is 4.90 Å². The highest BCUT2D eigenvalue weighted by atomic mass is 19.1. The molecule has 2 heterocycles. The van der Waals surface area contributed by atoms with Crippen molar-refractivity contribution in [2.45, 2.75) is 25.9 Å². The van der Waals surface area contributed by atoms with Crippen LogP contribution in [0.3, 0.4) is 0 Å². The number of rotatable bonds is 5. The van der Waals surface area contributed by atoms with Gasteiger partial charge in [-0.1, -0.05) is 36.4 Å². The highest BCUT2D eigenvalue weighted by Gasteiger charge is 2.32. The molecule has 7 heteroatoms. The van der Waals surface area contributed by atoms with Crippen molar-refractivity contribution in [1.82, 2.24) is 25.1 Å². The number of piperazine rings is 1. The molecule has 1 aliphatic rings. The Bertz CT molecular complexity index is 902. The maximum Gasteiger partial charge on any atom is 0.173 e. The fourth-order valence-corrected chi connectivity index (χ4v) is 3.82. The normalized spacial score (nSPS) is 16.5. The van der Waals surface area contributed by atoms with Crippen LogP contribution in [-0.2, 0) is 0 Å². The maximum absolute atomic E-state index is 14.7. The minimum Gasteiger partial charge on any atom is -0.369 e. The summed E-state index contributed by atoms with van der Waals surface area (Å²) in [7, 11) is 0. The lowest BCUT2D eigenvalue weighted by atomic mass is 10.0. The molecule has 146 valence electrons. The molecule has 0 spiro atoms. The Balaban J connectivity index is 1.64. The van der Waals surface area contributed by atoms with Gasteiger partial charge in [0.1, 0.15) is 11.9 Å². The van der Waals surface area contributed by atoms with Crippen LogP contribution in [0.15, 0.2) is 54.6 Å². The molecule has 1 atom stereocenters. The Hall–Kier alpha value is -2.80. The first-order valence-corrected chi connectivity index (χ1v) is 9.71. The SMILES string of the molecule is CC(C)n1nnnc1C(c1ccccc1F)N1CCN(c2ccccc2)CC1. The molecule has 0 radical (unpaired) electrons.